The lowest BCUT2D eigenvalue weighted by Crippen LogP contribution is -2.24. The van der Waals surface area contributed by atoms with E-state index in [1.54, 1.807) is 6.92 Å². The number of nitrogens with one attached hydrogen (secondary N) is 1. The molecule has 1 heterocycles. The zero-order chi connectivity index (χ0) is 22.5. The maximum atomic E-state index is 13.3. The third-order valence-corrected chi connectivity index (χ3v) is 5.83. The number of anilines is 1. The van der Waals surface area contributed by atoms with E-state index in [-0.39, 0.29) is 17.5 Å². The molecule has 0 fully saturated rings. The lowest BCUT2D eigenvalue weighted by Gasteiger charge is -2.12. The highest BCUT2D eigenvalue weighted by Gasteiger charge is 2.20. The minimum atomic E-state index is -0.552. The van der Waals surface area contributed by atoms with Crippen LogP contribution in [0.1, 0.15) is 38.1 Å². The van der Waals surface area contributed by atoms with Crippen LogP contribution in [-0.4, -0.2) is 26.0 Å². The number of rotatable bonds is 8. The average molecular weight is 464 g/mol. The predicted molar refractivity (Wildman–Crippen MR) is 120 cm³/mol. The van der Waals surface area contributed by atoms with E-state index in [0.717, 1.165) is 11.8 Å². The van der Waals surface area contributed by atoms with Gasteiger partial charge in [0.15, 0.2) is 5.82 Å². The van der Waals surface area contributed by atoms with Crippen molar-refractivity contribution < 1.29 is 13.9 Å². The first-order valence-corrected chi connectivity index (χ1v) is 10.8. The summed E-state index contributed by atoms with van der Waals surface area (Å²) >= 11 is 6.89. The number of nitrogen functional groups attached to an aromatic ring is 1. The van der Waals surface area contributed by atoms with Gasteiger partial charge in [-0.25, -0.2) is 9.07 Å². The van der Waals surface area contributed by atoms with Crippen molar-refractivity contribution in [3.05, 3.63) is 64.7 Å². The monoisotopic (exact) mass is 463 g/mol. The molecule has 0 aliphatic carbocycles. The summed E-state index contributed by atoms with van der Waals surface area (Å²) in [6.45, 7) is 6.09. The molecular formula is C21H23ClFN5O2S. The SMILES string of the molecule is CC(Sc1nnc(COc2ccc(C(C)C)cc2)n1N)C(=O)Nc1ccc(F)c(Cl)c1. The molecule has 164 valence electrons. The van der Waals surface area contributed by atoms with Crippen molar-refractivity contribution in [2.45, 2.75) is 43.7 Å². The van der Waals surface area contributed by atoms with E-state index in [1.165, 1.54) is 28.4 Å². The van der Waals surface area contributed by atoms with E-state index in [4.69, 9.17) is 22.2 Å². The van der Waals surface area contributed by atoms with Gasteiger partial charge in [0.05, 0.1) is 10.3 Å². The van der Waals surface area contributed by atoms with Gasteiger partial charge in [-0.1, -0.05) is 49.3 Å². The van der Waals surface area contributed by atoms with Crippen LogP contribution >= 0.6 is 23.4 Å². The van der Waals surface area contributed by atoms with Gasteiger partial charge >= 0.3 is 0 Å². The number of nitrogens with zero attached hydrogens (tertiary/aromatic N) is 3. The van der Waals surface area contributed by atoms with Gasteiger partial charge < -0.3 is 15.9 Å². The van der Waals surface area contributed by atoms with Crippen molar-refractivity contribution in [3.8, 4) is 5.75 Å². The van der Waals surface area contributed by atoms with E-state index in [0.29, 0.717) is 28.3 Å². The average Bonchev–Trinajstić information content (AvgIpc) is 3.08. The summed E-state index contributed by atoms with van der Waals surface area (Å²) in [5, 5.41) is 10.5. The van der Waals surface area contributed by atoms with E-state index in [9.17, 15) is 9.18 Å². The van der Waals surface area contributed by atoms with E-state index in [1.807, 2.05) is 24.3 Å². The molecule has 0 saturated heterocycles. The minimum absolute atomic E-state index is 0.0664. The number of carbonyl (C=O) groups excluding carboxylic acids is 1. The zero-order valence-corrected chi connectivity index (χ0v) is 18.9. The fraction of sp³-hybridized carbons (Fsp3) is 0.286. The van der Waals surface area contributed by atoms with Crippen molar-refractivity contribution >= 4 is 35.0 Å². The maximum Gasteiger partial charge on any atom is 0.237 e. The molecule has 0 aliphatic rings. The standard InChI is InChI=1S/C21H23ClFN5O2S/c1-12(2)14-4-7-16(8-5-14)30-11-19-26-27-21(28(19)24)31-13(3)20(29)25-15-6-9-18(23)17(22)10-15/h4-10,12-13H,11,24H2,1-3H3,(H,25,29). The fourth-order valence-corrected chi connectivity index (χ4v) is 3.58. The highest BCUT2D eigenvalue weighted by molar-refractivity contribution is 8.00. The third-order valence-electron chi connectivity index (χ3n) is 4.49. The third kappa shape index (κ3) is 5.89. The van der Waals surface area contributed by atoms with E-state index in [2.05, 4.69) is 29.4 Å². The number of thioether (sulfide) groups is 1. The summed E-state index contributed by atoms with van der Waals surface area (Å²) in [6.07, 6.45) is 0. The largest absolute Gasteiger partial charge is 0.486 e. The van der Waals surface area contributed by atoms with Crippen LogP contribution in [0.25, 0.3) is 0 Å². The number of ether oxygens (including phenoxy) is 1. The molecule has 1 atom stereocenters. The van der Waals surface area contributed by atoms with Crippen LogP contribution in [0.15, 0.2) is 47.6 Å². The van der Waals surface area contributed by atoms with Crippen molar-refractivity contribution in [1.29, 1.82) is 0 Å². The molecule has 10 heteroatoms. The molecule has 1 aromatic heterocycles. The van der Waals surface area contributed by atoms with Gasteiger partial charge in [-0.3, -0.25) is 4.79 Å². The molecule has 3 rings (SSSR count). The number of carbonyl (C=O) groups is 1. The van der Waals surface area contributed by atoms with Crippen LogP contribution in [0.2, 0.25) is 5.02 Å². The minimum Gasteiger partial charge on any atom is -0.486 e. The van der Waals surface area contributed by atoms with Crippen LogP contribution in [0.3, 0.4) is 0 Å². The van der Waals surface area contributed by atoms with Crippen LogP contribution in [-0.2, 0) is 11.4 Å². The molecule has 0 saturated carbocycles. The smallest absolute Gasteiger partial charge is 0.237 e. The predicted octanol–water partition coefficient (Wildman–Crippen LogP) is 4.61. The Labute approximate surface area is 189 Å². The van der Waals surface area contributed by atoms with Gasteiger partial charge in [-0.2, -0.15) is 0 Å². The molecule has 1 unspecified atom stereocenters. The zero-order valence-electron chi connectivity index (χ0n) is 17.3. The molecule has 7 nitrogen and oxygen atoms in total. The number of hydrogen-bond donors (Lipinski definition) is 2. The van der Waals surface area contributed by atoms with Gasteiger partial charge in [-0.15, -0.1) is 10.2 Å². The highest BCUT2D eigenvalue weighted by atomic mass is 35.5. The van der Waals surface area contributed by atoms with Gasteiger partial charge in [0, 0.05) is 5.69 Å². The van der Waals surface area contributed by atoms with Crippen LogP contribution in [0.5, 0.6) is 5.75 Å². The molecule has 0 aliphatic heterocycles. The second-order valence-electron chi connectivity index (χ2n) is 7.16. The fourth-order valence-electron chi connectivity index (χ4n) is 2.61. The number of aromatic nitrogens is 3. The Balaban J connectivity index is 1.57. The van der Waals surface area contributed by atoms with Gasteiger partial charge in [0.1, 0.15) is 18.2 Å². The van der Waals surface area contributed by atoms with Gasteiger partial charge in [0.25, 0.3) is 0 Å². The van der Waals surface area contributed by atoms with Crippen LogP contribution < -0.4 is 15.9 Å². The quantitative estimate of drug-likeness (QED) is 0.374. The van der Waals surface area contributed by atoms with E-state index >= 15 is 0 Å². The van der Waals surface area contributed by atoms with Crippen molar-refractivity contribution in [2.75, 3.05) is 11.2 Å². The Morgan fingerprint density at radius 3 is 2.58 bits per heavy atom. The molecular weight excluding hydrogens is 441 g/mol. The summed E-state index contributed by atoms with van der Waals surface area (Å²) in [4.78, 5) is 12.4. The summed E-state index contributed by atoms with van der Waals surface area (Å²) in [6, 6.07) is 11.8. The molecule has 31 heavy (non-hydrogen) atoms. The molecule has 2 aromatic carbocycles. The lowest BCUT2D eigenvalue weighted by atomic mass is 10.0. The Morgan fingerprint density at radius 1 is 1.23 bits per heavy atom. The summed E-state index contributed by atoms with van der Waals surface area (Å²) in [5.74, 6) is 6.78. The van der Waals surface area contributed by atoms with Crippen LogP contribution in [0.4, 0.5) is 10.1 Å². The van der Waals surface area contributed by atoms with Gasteiger partial charge in [0.2, 0.25) is 11.1 Å². The molecule has 0 bridgehead atoms. The van der Waals surface area contributed by atoms with Crippen molar-refractivity contribution in [2.24, 2.45) is 0 Å². The Kier molecular flexibility index (Phi) is 7.40. The number of halogens is 2. The Bertz CT molecular complexity index is 1060. The summed E-state index contributed by atoms with van der Waals surface area (Å²) in [7, 11) is 0. The first-order valence-electron chi connectivity index (χ1n) is 9.59. The van der Waals surface area contributed by atoms with Crippen molar-refractivity contribution in [3.63, 3.8) is 0 Å². The highest BCUT2D eigenvalue weighted by Crippen LogP contribution is 2.24. The normalized spacial score (nSPS) is 12.1. The Hall–Kier alpha value is -2.78. The first-order chi connectivity index (χ1) is 14.7. The number of nitrogens with two attached hydrogens (primary N) is 1. The second kappa shape index (κ2) is 10.0. The Morgan fingerprint density at radius 2 is 1.94 bits per heavy atom. The first kappa shape index (κ1) is 22.9. The molecule has 0 radical (unpaired) electrons. The van der Waals surface area contributed by atoms with Gasteiger partial charge in [-0.05, 0) is 48.7 Å². The lowest BCUT2D eigenvalue weighted by molar-refractivity contribution is -0.115. The second-order valence-corrected chi connectivity index (χ2v) is 8.87. The summed E-state index contributed by atoms with van der Waals surface area (Å²) in [5.41, 5.74) is 1.62. The van der Waals surface area contributed by atoms with Crippen molar-refractivity contribution in [1.82, 2.24) is 14.9 Å². The number of amides is 1. The number of benzene rings is 2. The molecule has 0 spiro atoms. The number of hydrogen-bond acceptors (Lipinski definition) is 6. The molecule has 3 N–H and O–H groups in total. The van der Waals surface area contributed by atoms with E-state index < -0.39 is 11.1 Å². The van der Waals surface area contributed by atoms with Crippen LogP contribution in [0, 0.1) is 5.82 Å². The molecule has 1 amide bonds. The molecule has 3 aromatic rings. The maximum absolute atomic E-state index is 13.3. The topological polar surface area (TPSA) is 95.1 Å². The summed E-state index contributed by atoms with van der Waals surface area (Å²) < 4.78 is 20.3.